The van der Waals surface area contributed by atoms with Gasteiger partial charge >= 0.3 is 0 Å². The van der Waals surface area contributed by atoms with Gasteiger partial charge in [-0.3, -0.25) is 9.59 Å². The Morgan fingerprint density at radius 1 is 1.47 bits per heavy atom. The van der Waals surface area contributed by atoms with Crippen molar-refractivity contribution in [1.82, 2.24) is 10.2 Å². The van der Waals surface area contributed by atoms with Crippen molar-refractivity contribution in [1.29, 1.82) is 0 Å². The molecule has 0 heterocycles. The number of amides is 2. The number of thioether (sulfide) groups is 1. The minimum absolute atomic E-state index is 0.00650. The molecule has 0 spiro atoms. The molecule has 0 atom stereocenters. The van der Waals surface area contributed by atoms with Crippen molar-refractivity contribution >= 4 is 23.6 Å². The second-order valence-electron chi connectivity index (χ2n) is 3.72. The summed E-state index contributed by atoms with van der Waals surface area (Å²) >= 11 is 1.38. The van der Waals surface area contributed by atoms with Gasteiger partial charge in [0.15, 0.2) is 0 Å². The van der Waals surface area contributed by atoms with Crippen LogP contribution in [0.3, 0.4) is 0 Å². The zero-order valence-electron chi connectivity index (χ0n) is 10.6. The van der Waals surface area contributed by atoms with Gasteiger partial charge in [0.2, 0.25) is 11.8 Å². The summed E-state index contributed by atoms with van der Waals surface area (Å²) in [6, 6.07) is 0. The van der Waals surface area contributed by atoms with Crippen LogP contribution in [0.1, 0.15) is 13.3 Å². The van der Waals surface area contributed by atoms with Gasteiger partial charge in [0.05, 0.1) is 12.2 Å². The summed E-state index contributed by atoms with van der Waals surface area (Å²) in [5, 5.41) is 2.83. The van der Waals surface area contributed by atoms with Crippen molar-refractivity contribution in [2.45, 2.75) is 13.3 Å². The van der Waals surface area contributed by atoms with Gasteiger partial charge in [-0.15, -0.1) is 0 Å². The zero-order valence-corrected chi connectivity index (χ0v) is 11.4. The van der Waals surface area contributed by atoms with Crippen molar-refractivity contribution in [3.8, 4) is 0 Å². The number of hydrogen-bond acceptors (Lipinski definition) is 4. The molecule has 0 rings (SSSR count). The lowest BCUT2D eigenvalue weighted by Gasteiger charge is -2.13. The van der Waals surface area contributed by atoms with Crippen molar-refractivity contribution in [3.63, 3.8) is 0 Å². The maximum atomic E-state index is 11.3. The first-order valence-corrected chi connectivity index (χ1v) is 6.87. The van der Waals surface area contributed by atoms with Gasteiger partial charge < -0.3 is 16.0 Å². The molecule has 0 saturated heterocycles. The fourth-order valence-electron chi connectivity index (χ4n) is 1.08. The normalized spacial score (nSPS) is 10.5. The molecule has 0 aliphatic carbocycles. The Morgan fingerprint density at radius 2 is 2.18 bits per heavy atom. The van der Waals surface area contributed by atoms with Crippen LogP contribution in [0.4, 0.5) is 0 Å². The molecule has 0 fully saturated rings. The third-order valence-corrected chi connectivity index (χ3v) is 3.08. The monoisotopic (exact) mass is 260 g/mol. The van der Waals surface area contributed by atoms with Gasteiger partial charge in [-0.25, -0.2) is 0 Å². The van der Waals surface area contributed by atoms with Gasteiger partial charge in [0.1, 0.15) is 0 Å². The molecule has 3 N–H and O–H groups in total. The quantitative estimate of drug-likeness (QED) is 0.536. The molecular weight excluding hydrogens is 238 g/mol. The summed E-state index contributed by atoms with van der Waals surface area (Å²) in [5.41, 5.74) is 4.94. The van der Waals surface area contributed by atoms with Gasteiger partial charge in [-0.05, 0) is 26.6 Å². The summed E-state index contributed by atoms with van der Waals surface area (Å²) in [6.07, 6.45) is 2.32. The summed E-state index contributed by atoms with van der Waals surface area (Å²) in [5.74, 6) is 0.418. The lowest BCUT2D eigenvalue weighted by molar-refractivity contribution is -0.118. The molecule has 5 nitrogen and oxygen atoms in total. The molecule has 17 heavy (non-hydrogen) atoms. The zero-order chi connectivity index (χ0) is 13.1. The molecule has 0 unspecified atom stereocenters. The summed E-state index contributed by atoms with van der Waals surface area (Å²) in [4.78, 5) is 23.9. The highest BCUT2D eigenvalue weighted by molar-refractivity contribution is 8.00. The SMILES string of the molecule is CCN(C)CCCNC(=O)CSC[CH]C(N)=O. The van der Waals surface area contributed by atoms with Crippen LogP contribution in [-0.4, -0.2) is 54.9 Å². The fourth-order valence-corrected chi connectivity index (χ4v) is 1.77. The minimum Gasteiger partial charge on any atom is -0.369 e. The first-order chi connectivity index (χ1) is 8.06. The van der Waals surface area contributed by atoms with E-state index >= 15 is 0 Å². The molecular formula is C11H22N3O2S. The van der Waals surface area contributed by atoms with Crippen LogP contribution in [0.2, 0.25) is 0 Å². The fraction of sp³-hybridized carbons (Fsp3) is 0.727. The van der Waals surface area contributed by atoms with E-state index < -0.39 is 5.91 Å². The predicted molar refractivity (Wildman–Crippen MR) is 71.6 cm³/mol. The lowest BCUT2D eigenvalue weighted by atomic mass is 10.4. The van der Waals surface area contributed by atoms with Gasteiger partial charge in [0.25, 0.3) is 0 Å². The topological polar surface area (TPSA) is 75.4 Å². The van der Waals surface area contributed by atoms with Gasteiger partial charge in [-0.1, -0.05) is 6.92 Å². The average Bonchev–Trinajstić information content (AvgIpc) is 2.29. The van der Waals surface area contributed by atoms with Crippen LogP contribution in [0.15, 0.2) is 0 Å². The third-order valence-electron chi connectivity index (χ3n) is 2.21. The summed E-state index contributed by atoms with van der Waals surface area (Å²) in [6.45, 7) is 4.81. The Bertz CT molecular complexity index is 237. The van der Waals surface area contributed by atoms with Crippen LogP contribution in [0, 0.1) is 6.42 Å². The summed E-state index contributed by atoms with van der Waals surface area (Å²) in [7, 11) is 2.05. The van der Waals surface area contributed by atoms with E-state index in [1.807, 2.05) is 0 Å². The molecule has 0 aromatic heterocycles. The number of nitrogens with one attached hydrogen (secondary N) is 1. The molecule has 0 aromatic rings. The van der Waals surface area contributed by atoms with Crippen molar-refractivity contribution in [2.75, 3.05) is 38.2 Å². The van der Waals surface area contributed by atoms with E-state index in [1.165, 1.54) is 18.2 Å². The van der Waals surface area contributed by atoms with Crippen LogP contribution >= 0.6 is 11.8 Å². The molecule has 1 radical (unpaired) electrons. The molecule has 0 saturated carbocycles. The first-order valence-electron chi connectivity index (χ1n) is 5.72. The highest BCUT2D eigenvalue weighted by Gasteiger charge is 2.02. The van der Waals surface area contributed by atoms with Crippen molar-refractivity contribution < 1.29 is 9.59 Å². The number of rotatable bonds is 10. The predicted octanol–water partition coefficient (Wildman–Crippen LogP) is -0.133. The Labute approximate surface area is 107 Å². The van der Waals surface area contributed by atoms with Gasteiger partial charge in [-0.2, -0.15) is 11.8 Å². The molecule has 2 amide bonds. The van der Waals surface area contributed by atoms with E-state index in [9.17, 15) is 9.59 Å². The minimum atomic E-state index is -0.444. The molecule has 0 aliphatic heterocycles. The van der Waals surface area contributed by atoms with Crippen LogP contribution in [0.5, 0.6) is 0 Å². The van der Waals surface area contributed by atoms with Crippen molar-refractivity contribution in [2.24, 2.45) is 5.73 Å². The van der Waals surface area contributed by atoms with E-state index in [0.717, 1.165) is 19.5 Å². The number of carbonyl (C=O) groups is 2. The Kier molecular flexibility index (Phi) is 9.95. The third kappa shape index (κ3) is 11.5. The maximum Gasteiger partial charge on any atom is 0.229 e. The first kappa shape index (κ1) is 16.2. The van der Waals surface area contributed by atoms with E-state index in [2.05, 4.69) is 24.2 Å². The number of nitrogens with zero attached hydrogens (tertiary/aromatic N) is 1. The van der Waals surface area contributed by atoms with E-state index in [4.69, 9.17) is 5.73 Å². The number of primary amides is 1. The Balaban J connectivity index is 3.32. The second-order valence-corrected chi connectivity index (χ2v) is 4.75. The maximum absolute atomic E-state index is 11.3. The number of hydrogen-bond donors (Lipinski definition) is 2. The average molecular weight is 260 g/mol. The smallest absolute Gasteiger partial charge is 0.229 e. The molecule has 6 heteroatoms. The second kappa shape index (κ2) is 10.4. The van der Waals surface area contributed by atoms with Crippen LogP contribution in [0.25, 0.3) is 0 Å². The molecule has 0 aromatic carbocycles. The summed E-state index contributed by atoms with van der Waals surface area (Å²) < 4.78 is 0. The van der Waals surface area contributed by atoms with Crippen LogP contribution < -0.4 is 11.1 Å². The standard InChI is InChI=1S/C11H22N3O2S/c1-3-14(2)7-4-6-13-11(16)9-17-8-5-10(12)15/h5H,3-4,6-9H2,1-2H3,(H2,12,15)(H,13,16). The largest absolute Gasteiger partial charge is 0.369 e. The van der Waals surface area contributed by atoms with Crippen LogP contribution in [-0.2, 0) is 9.59 Å². The lowest BCUT2D eigenvalue weighted by Crippen LogP contribution is -2.29. The molecule has 0 bridgehead atoms. The van der Waals surface area contributed by atoms with Gasteiger partial charge in [0, 0.05) is 12.3 Å². The Hall–Kier alpha value is -0.750. The number of nitrogens with two attached hydrogens (primary N) is 1. The van der Waals surface area contributed by atoms with Crippen molar-refractivity contribution in [3.05, 3.63) is 6.42 Å². The van der Waals surface area contributed by atoms with E-state index in [-0.39, 0.29) is 5.91 Å². The molecule has 0 aliphatic rings. The van der Waals surface area contributed by atoms with E-state index in [1.54, 1.807) is 0 Å². The highest BCUT2D eigenvalue weighted by Crippen LogP contribution is 2.00. The number of carbonyl (C=O) groups excluding carboxylic acids is 2. The molecule has 99 valence electrons. The van der Waals surface area contributed by atoms with E-state index in [0.29, 0.717) is 18.1 Å². The highest BCUT2D eigenvalue weighted by atomic mass is 32.2. The Morgan fingerprint density at radius 3 is 2.76 bits per heavy atom.